The first-order chi connectivity index (χ1) is 9.48. The molecule has 0 spiro atoms. The van der Waals surface area contributed by atoms with Crippen molar-refractivity contribution in [3.63, 3.8) is 0 Å². The molecular formula is C13H14FNO5. The molecule has 0 aliphatic carbocycles. The van der Waals surface area contributed by atoms with Crippen LogP contribution in [0, 0.1) is 5.82 Å². The number of esters is 1. The second-order valence-corrected chi connectivity index (χ2v) is 4.50. The fourth-order valence-corrected chi connectivity index (χ4v) is 2.03. The summed E-state index contributed by atoms with van der Waals surface area (Å²) in [6.45, 7) is 0.324. The summed E-state index contributed by atoms with van der Waals surface area (Å²) in [7, 11) is 1.16. The van der Waals surface area contributed by atoms with Gasteiger partial charge in [-0.05, 0) is 18.2 Å². The molecule has 1 saturated heterocycles. The van der Waals surface area contributed by atoms with Gasteiger partial charge >= 0.3 is 11.9 Å². The number of anilines is 1. The molecule has 0 saturated carbocycles. The molecule has 1 unspecified atom stereocenters. The van der Waals surface area contributed by atoms with Crippen LogP contribution < -0.4 is 5.32 Å². The van der Waals surface area contributed by atoms with Gasteiger partial charge in [-0.1, -0.05) is 0 Å². The Bertz CT molecular complexity index is 540. The normalized spacial score (nSPS) is 21.5. The summed E-state index contributed by atoms with van der Waals surface area (Å²) < 4.78 is 23.3. The highest BCUT2D eigenvalue weighted by atomic mass is 19.1. The minimum atomic E-state index is -1.26. The number of carbonyl (C=O) groups excluding carboxylic acids is 1. The van der Waals surface area contributed by atoms with Crippen LogP contribution in [0.4, 0.5) is 10.1 Å². The maximum atomic E-state index is 13.8. The Morgan fingerprint density at radius 1 is 1.50 bits per heavy atom. The third-order valence-electron chi connectivity index (χ3n) is 3.19. The number of carboxylic acids is 1. The number of rotatable bonds is 4. The third kappa shape index (κ3) is 2.57. The second kappa shape index (κ2) is 5.46. The molecule has 2 rings (SSSR count). The number of ether oxygens (including phenoxy) is 2. The minimum Gasteiger partial charge on any atom is -0.479 e. The molecule has 0 bridgehead atoms. The van der Waals surface area contributed by atoms with Gasteiger partial charge in [-0.25, -0.2) is 14.0 Å². The molecule has 7 heteroatoms. The van der Waals surface area contributed by atoms with Crippen molar-refractivity contribution >= 4 is 17.6 Å². The van der Waals surface area contributed by atoms with Gasteiger partial charge in [-0.2, -0.15) is 0 Å². The number of benzene rings is 1. The van der Waals surface area contributed by atoms with E-state index in [9.17, 15) is 19.1 Å². The lowest BCUT2D eigenvalue weighted by Crippen LogP contribution is -2.47. The number of methoxy groups -OCH3 is 1. The number of aliphatic carboxylic acids is 1. The average Bonchev–Trinajstić information content (AvgIpc) is 2.88. The predicted molar refractivity (Wildman–Crippen MR) is 67.2 cm³/mol. The summed E-state index contributed by atoms with van der Waals surface area (Å²) >= 11 is 0. The molecule has 1 aliphatic heterocycles. The van der Waals surface area contributed by atoms with Gasteiger partial charge in [0, 0.05) is 18.7 Å². The van der Waals surface area contributed by atoms with Crippen LogP contribution in [-0.2, 0) is 14.3 Å². The largest absolute Gasteiger partial charge is 0.479 e. The van der Waals surface area contributed by atoms with E-state index in [1.807, 2.05) is 0 Å². The van der Waals surface area contributed by atoms with Gasteiger partial charge in [-0.15, -0.1) is 0 Å². The van der Waals surface area contributed by atoms with E-state index in [-0.39, 0.29) is 24.3 Å². The smallest absolute Gasteiger partial charge is 0.340 e. The van der Waals surface area contributed by atoms with Crippen LogP contribution in [0.25, 0.3) is 0 Å². The fourth-order valence-electron chi connectivity index (χ4n) is 2.03. The molecule has 0 aromatic heterocycles. The van der Waals surface area contributed by atoms with Crippen molar-refractivity contribution in [1.29, 1.82) is 0 Å². The Labute approximate surface area is 114 Å². The van der Waals surface area contributed by atoms with Crippen LogP contribution in [-0.4, -0.2) is 42.9 Å². The molecule has 1 fully saturated rings. The molecule has 1 aromatic rings. The molecular weight excluding hydrogens is 269 g/mol. The number of nitrogens with one attached hydrogen (secondary N) is 1. The first-order valence-electron chi connectivity index (χ1n) is 5.96. The molecule has 1 heterocycles. The van der Waals surface area contributed by atoms with E-state index in [4.69, 9.17) is 4.74 Å². The predicted octanol–water partition coefficient (Wildman–Crippen LogP) is 1.27. The lowest BCUT2D eigenvalue weighted by atomic mass is 9.98. The average molecular weight is 283 g/mol. The highest BCUT2D eigenvalue weighted by Crippen LogP contribution is 2.26. The van der Waals surface area contributed by atoms with Crippen molar-refractivity contribution in [3.05, 3.63) is 29.6 Å². The molecule has 6 nitrogen and oxygen atoms in total. The van der Waals surface area contributed by atoms with Gasteiger partial charge in [0.1, 0.15) is 5.82 Å². The van der Waals surface area contributed by atoms with Gasteiger partial charge in [0.2, 0.25) is 0 Å². The topological polar surface area (TPSA) is 84.9 Å². The number of carbonyl (C=O) groups is 2. The minimum absolute atomic E-state index is 0.00268. The molecule has 20 heavy (non-hydrogen) atoms. The number of halogens is 1. The highest BCUT2D eigenvalue weighted by Gasteiger charge is 2.42. The lowest BCUT2D eigenvalue weighted by Gasteiger charge is -2.25. The third-order valence-corrected chi connectivity index (χ3v) is 3.19. The monoisotopic (exact) mass is 283 g/mol. The Balaban J connectivity index is 2.24. The van der Waals surface area contributed by atoms with E-state index in [2.05, 4.69) is 10.1 Å². The molecule has 2 N–H and O–H groups in total. The fraction of sp³-hybridized carbons (Fsp3) is 0.385. The van der Waals surface area contributed by atoms with Crippen LogP contribution in [0.5, 0.6) is 0 Å². The van der Waals surface area contributed by atoms with Crippen molar-refractivity contribution in [2.24, 2.45) is 0 Å². The van der Waals surface area contributed by atoms with E-state index in [0.717, 1.165) is 13.2 Å². The van der Waals surface area contributed by atoms with Crippen LogP contribution >= 0.6 is 0 Å². The highest BCUT2D eigenvalue weighted by molar-refractivity contribution is 5.90. The van der Waals surface area contributed by atoms with E-state index >= 15 is 0 Å². The summed E-state index contributed by atoms with van der Waals surface area (Å²) in [5, 5.41) is 12.0. The van der Waals surface area contributed by atoms with Crippen LogP contribution in [0.1, 0.15) is 16.8 Å². The Morgan fingerprint density at radius 3 is 2.75 bits per heavy atom. The van der Waals surface area contributed by atoms with Gasteiger partial charge in [0.15, 0.2) is 5.54 Å². The van der Waals surface area contributed by atoms with Gasteiger partial charge in [-0.3, -0.25) is 0 Å². The van der Waals surface area contributed by atoms with Crippen molar-refractivity contribution in [2.45, 2.75) is 12.0 Å². The Hall–Kier alpha value is -2.15. The number of hydrogen-bond acceptors (Lipinski definition) is 5. The summed E-state index contributed by atoms with van der Waals surface area (Å²) in [6, 6.07) is 3.74. The van der Waals surface area contributed by atoms with Crippen LogP contribution in [0.15, 0.2) is 18.2 Å². The first kappa shape index (κ1) is 14.3. The zero-order chi connectivity index (χ0) is 14.8. The standard InChI is InChI=1S/C13H14FNO5/c1-19-11(16)9-3-2-8(6-10(9)14)15-13(12(17)18)4-5-20-7-13/h2-3,6,15H,4-5,7H2,1H3,(H,17,18). The summed E-state index contributed by atoms with van der Waals surface area (Å²) in [5.41, 5.74) is -1.20. The quantitative estimate of drug-likeness (QED) is 0.809. The van der Waals surface area contributed by atoms with Gasteiger partial charge < -0.3 is 19.9 Å². The number of carboxylic acid groups (broad SMARTS) is 1. The Morgan fingerprint density at radius 2 is 2.25 bits per heavy atom. The summed E-state index contributed by atoms with van der Waals surface area (Å²) in [4.78, 5) is 22.6. The summed E-state index contributed by atoms with van der Waals surface area (Å²) in [6.07, 6.45) is 0.280. The Kier molecular flexibility index (Phi) is 3.89. The zero-order valence-corrected chi connectivity index (χ0v) is 10.8. The van der Waals surface area contributed by atoms with E-state index in [0.29, 0.717) is 6.61 Å². The van der Waals surface area contributed by atoms with Crippen molar-refractivity contribution < 1.29 is 28.6 Å². The zero-order valence-electron chi connectivity index (χ0n) is 10.8. The molecule has 0 amide bonds. The SMILES string of the molecule is COC(=O)c1ccc(NC2(C(=O)O)CCOC2)cc1F. The van der Waals surface area contributed by atoms with E-state index in [1.165, 1.54) is 12.1 Å². The van der Waals surface area contributed by atoms with E-state index < -0.39 is 23.3 Å². The molecule has 1 aliphatic rings. The van der Waals surface area contributed by atoms with Gasteiger partial charge in [0.25, 0.3) is 0 Å². The molecule has 0 radical (unpaired) electrons. The maximum absolute atomic E-state index is 13.8. The first-order valence-corrected chi connectivity index (χ1v) is 5.96. The summed E-state index contributed by atoms with van der Waals surface area (Å²) in [5.74, 6) is -2.63. The number of hydrogen-bond donors (Lipinski definition) is 2. The van der Waals surface area contributed by atoms with Crippen molar-refractivity contribution in [1.82, 2.24) is 0 Å². The lowest BCUT2D eigenvalue weighted by molar-refractivity contribution is -0.142. The maximum Gasteiger partial charge on any atom is 0.340 e. The van der Waals surface area contributed by atoms with Crippen molar-refractivity contribution in [2.75, 3.05) is 25.6 Å². The van der Waals surface area contributed by atoms with E-state index in [1.54, 1.807) is 0 Å². The molecule has 1 aromatic carbocycles. The molecule has 108 valence electrons. The van der Waals surface area contributed by atoms with Crippen LogP contribution in [0.3, 0.4) is 0 Å². The molecule has 1 atom stereocenters. The second-order valence-electron chi connectivity index (χ2n) is 4.50. The van der Waals surface area contributed by atoms with Crippen LogP contribution in [0.2, 0.25) is 0 Å². The van der Waals surface area contributed by atoms with Gasteiger partial charge in [0.05, 0.1) is 19.3 Å². The van der Waals surface area contributed by atoms with Crippen molar-refractivity contribution in [3.8, 4) is 0 Å².